The maximum atomic E-state index is 13.4. The summed E-state index contributed by atoms with van der Waals surface area (Å²) in [4.78, 5) is 25.3. The molecule has 5 rings (SSSR count). The van der Waals surface area contributed by atoms with E-state index in [1.807, 2.05) is 55.5 Å². The number of anilines is 1. The normalized spacial score (nSPS) is 18.2. The molecular formula is C29H31N5O3. The Labute approximate surface area is 215 Å². The van der Waals surface area contributed by atoms with Gasteiger partial charge < -0.3 is 15.0 Å². The van der Waals surface area contributed by atoms with Crippen LogP contribution in [-0.4, -0.2) is 31.6 Å². The number of fused-ring (bicyclic) bond motifs is 1. The summed E-state index contributed by atoms with van der Waals surface area (Å²) in [7, 11) is 1.69. The minimum atomic E-state index is -0.725. The Morgan fingerprint density at radius 3 is 2.49 bits per heavy atom. The van der Waals surface area contributed by atoms with Gasteiger partial charge in [0, 0.05) is 30.4 Å². The highest BCUT2D eigenvalue weighted by atomic mass is 16.3. The first kappa shape index (κ1) is 24.5. The number of aromatic nitrogens is 3. The van der Waals surface area contributed by atoms with Crippen molar-refractivity contribution in [1.82, 2.24) is 19.7 Å². The van der Waals surface area contributed by atoms with Gasteiger partial charge in [-0.25, -0.2) is 9.48 Å². The fraction of sp³-hybridized carbons (Fsp3) is 0.276. The van der Waals surface area contributed by atoms with Gasteiger partial charge in [0.25, 0.3) is 0 Å². The fourth-order valence-corrected chi connectivity index (χ4v) is 5.21. The number of urea groups is 1. The van der Waals surface area contributed by atoms with E-state index in [1.54, 1.807) is 24.0 Å². The molecule has 190 valence electrons. The summed E-state index contributed by atoms with van der Waals surface area (Å²) in [5, 5.41) is 21.7. The van der Waals surface area contributed by atoms with Crippen molar-refractivity contribution >= 4 is 11.8 Å². The van der Waals surface area contributed by atoms with Gasteiger partial charge in [0.15, 0.2) is 0 Å². The maximum absolute atomic E-state index is 13.4. The van der Waals surface area contributed by atoms with Gasteiger partial charge in [0.1, 0.15) is 5.82 Å². The summed E-state index contributed by atoms with van der Waals surface area (Å²) in [6, 6.07) is 19.7. The minimum absolute atomic E-state index is 0.115. The van der Waals surface area contributed by atoms with E-state index in [1.165, 1.54) is 10.6 Å². The van der Waals surface area contributed by atoms with E-state index in [-0.39, 0.29) is 11.0 Å². The van der Waals surface area contributed by atoms with Crippen molar-refractivity contribution in [1.29, 1.82) is 0 Å². The topological polar surface area (TPSA) is 101 Å². The van der Waals surface area contributed by atoms with Gasteiger partial charge in [-0.05, 0) is 48.1 Å². The summed E-state index contributed by atoms with van der Waals surface area (Å²) in [6.45, 7) is 6.10. The fourth-order valence-electron chi connectivity index (χ4n) is 5.21. The number of aliphatic hydroxyl groups excluding tert-OH is 1. The number of benzene rings is 2. The van der Waals surface area contributed by atoms with Crippen molar-refractivity contribution < 1.29 is 9.90 Å². The van der Waals surface area contributed by atoms with Crippen LogP contribution in [0, 0.1) is 6.92 Å². The predicted octanol–water partition coefficient (Wildman–Crippen LogP) is 4.45. The number of carbonyl (C=O) groups is 1. The molecule has 8 heteroatoms. The van der Waals surface area contributed by atoms with E-state index in [4.69, 9.17) is 5.10 Å². The molecule has 2 heterocycles. The van der Waals surface area contributed by atoms with Crippen LogP contribution in [0.5, 0.6) is 0 Å². The standard InChI is InChI=1S/C29H31N5O3/c1-18-25(19-14-15-24(36)33(4)17-19)32-34(20-10-6-5-7-11-20)27(18)31-28(37)30-26-21-12-8-9-13-22(21)29(2,3)16-23(26)35/h5-15,17,23,26,35H,16H2,1-4H3,(H2,30,31,37)/t23-,26-/m0/s1. The van der Waals surface area contributed by atoms with Crippen LogP contribution < -0.4 is 16.2 Å². The van der Waals surface area contributed by atoms with Crippen LogP contribution in [0.25, 0.3) is 16.9 Å². The molecule has 0 spiro atoms. The number of rotatable bonds is 4. The first-order valence-corrected chi connectivity index (χ1v) is 12.3. The highest BCUT2D eigenvalue weighted by molar-refractivity contribution is 5.91. The van der Waals surface area contributed by atoms with E-state index >= 15 is 0 Å². The quantitative estimate of drug-likeness (QED) is 0.388. The van der Waals surface area contributed by atoms with Crippen LogP contribution >= 0.6 is 0 Å². The van der Waals surface area contributed by atoms with Gasteiger partial charge in [-0.3, -0.25) is 10.1 Å². The number of hydrogen-bond donors (Lipinski definition) is 3. The van der Waals surface area contributed by atoms with Crippen molar-refractivity contribution in [2.24, 2.45) is 7.05 Å². The molecule has 2 aromatic carbocycles. The average molecular weight is 498 g/mol. The molecule has 2 aromatic heterocycles. The van der Waals surface area contributed by atoms with Gasteiger partial charge in [-0.15, -0.1) is 0 Å². The lowest BCUT2D eigenvalue weighted by Crippen LogP contribution is -2.45. The zero-order valence-corrected chi connectivity index (χ0v) is 21.4. The molecule has 2 amide bonds. The Morgan fingerprint density at radius 1 is 1.05 bits per heavy atom. The lowest BCUT2D eigenvalue weighted by Gasteiger charge is -2.40. The summed E-state index contributed by atoms with van der Waals surface area (Å²) in [6.07, 6.45) is 1.54. The molecule has 0 fully saturated rings. The molecule has 0 unspecified atom stereocenters. The van der Waals surface area contributed by atoms with E-state index in [9.17, 15) is 14.7 Å². The van der Waals surface area contributed by atoms with Crippen LogP contribution in [-0.2, 0) is 12.5 Å². The molecule has 2 atom stereocenters. The number of aliphatic hydroxyl groups is 1. The lowest BCUT2D eigenvalue weighted by atomic mass is 9.70. The van der Waals surface area contributed by atoms with Crippen molar-refractivity contribution in [3.8, 4) is 16.9 Å². The summed E-state index contributed by atoms with van der Waals surface area (Å²) < 4.78 is 3.18. The Bertz CT molecular complexity index is 1520. The van der Waals surface area contributed by atoms with Crippen LogP contribution in [0.2, 0.25) is 0 Å². The van der Waals surface area contributed by atoms with Crippen LogP contribution in [0.4, 0.5) is 10.6 Å². The van der Waals surface area contributed by atoms with Crippen LogP contribution in [0.15, 0.2) is 77.7 Å². The third-order valence-electron chi connectivity index (χ3n) is 7.13. The first-order chi connectivity index (χ1) is 17.7. The summed E-state index contributed by atoms with van der Waals surface area (Å²) in [5.41, 5.74) is 4.67. The van der Waals surface area contributed by atoms with Gasteiger partial charge in [0.2, 0.25) is 5.56 Å². The van der Waals surface area contributed by atoms with Crippen molar-refractivity contribution in [2.45, 2.75) is 44.8 Å². The largest absolute Gasteiger partial charge is 0.391 e. The third-order valence-corrected chi connectivity index (χ3v) is 7.13. The number of nitrogens with one attached hydrogen (secondary N) is 2. The Morgan fingerprint density at radius 2 is 1.76 bits per heavy atom. The Hall–Kier alpha value is -4.17. The smallest absolute Gasteiger partial charge is 0.320 e. The number of amides is 2. The average Bonchev–Trinajstić information content (AvgIpc) is 3.19. The van der Waals surface area contributed by atoms with E-state index in [2.05, 4.69) is 30.5 Å². The molecular weight excluding hydrogens is 466 g/mol. The zero-order chi connectivity index (χ0) is 26.3. The van der Waals surface area contributed by atoms with E-state index < -0.39 is 18.2 Å². The zero-order valence-electron chi connectivity index (χ0n) is 21.4. The van der Waals surface area contributed by atoms with E-state index in [0.29, 0.717) is 17.9 Å². The minimum Gasteiger partial charge on any atom is -0.391 e. The first-order valence-electron chi connectivity index (χ1n) is 12.3. The third kappa shape index (κ3) is 4.56. The molecule has 0 aliphatic heterocycles. The number of hydrogen-bond acceptors (Lipinski definition) is 4. The number of carbonyl (C=O) groups excluding carboxylic acids is 1. The molecule has 1 aliphatic carbocycles. The van der Waals surface area contributed by atoms with Gasteiger partial charge in [-0.1, -0.05) is 56.3 Å². The number of aryl methyl sites for hydroxylation is 1. The second kappa shape index (κ2) is 9.37. The van der Waals surface area contributed by atoms with Crippen LogP contribution in [0.1, 0.15) is 43.0 Å². The van der Waals surface area contributed by atoms with Gasteiger partial charge in [0.05, 0.1) is 23.5 Å². The summed E-state index contributed by atoms with van der Waals surface area (Å²) >= 11 is 0. The van der Waals surface area contributed by atoms with Crippen molar-refractivity contribution in [3.63, 3.8) is 0 Å². The second-order valence-corrected chi connectivity index (χ2v) is 10.3. The van der Waals surface area contributed by atoms with Crippen molar-refractivity contribution in [3.05, 3.63) is 100.0 Å². The van der Waals surface area contributed by atoms with Crippen molar-refractivity contribution in [2.75, 3.05) is 5.32 Å². The molecule has 4 aromatic rings. The highest BCUT2D eigenvalue weighted by Gasteiger charge is 2.39. The van der Waals surface area contributed by atoms with Gasteiger partial charge in [-0.2, -0.15) is 5.10 Å². The molecule has 0 saturated heterocycles. The molecule has 0 saturated carbocycles. The maximum Gasteiger partial charge on any atom is 0.320 e. The molecule has 37 heavy (non-hydrogen) atoms. The molecule has 0 bridgehead atoms. The molecule has 8 nitrogen and oxygen atoms in total. The highest BCUT2D eigenvalue weighted by Crippen LogP contribution is 2.41. The monoisotopic (exact) mass is 497 g/mol. The number of pyridine rings is 1. The molecule has 0 radical (unpaired) electrons. The second-order valence-electron chi connectivity index (χ2n) is 10.3. The van der Waals surface area contributed by atoms with E-state index in [0.717, 1.165) is 27.9 Å². The number of para-hydroxylation sites is 1. The lowest BCUT2D eigenvalue weighted by molar-refractivity contribution is 0.0883. The molecule has 3 N–H and O–H groups in total. The van der Waals surface area contributed by atoms with Gasteiger partial charge >= 0.3 is 6.03 Å². The molecule has 1 aliphatic rings. The summed E-state index contributed by atoms with van der Waals surface area (Å²) in [5.74, 6) is 0.506. The van der Waals surface area contributed by atoms with Crippen LogP contribution in [0.3, 0.4) is 0 Å². The Balaban J connectivity index is 1.50. The predicted molar refractivity (Wildman–Crippen MR) is 144 cm³/mol. The SMILES string of the molecule is Cc1c(-c2ccc(=O)n(C)c2)nn(-c2ccccc2)c1NC(=O)N[C@H]1c2ccccc2C(C)(C)C[C@@H]1O. The number of nitrogens with zero attached hydrogens (tertiary/aromatic N) is 3. The Kier molecular flexibility index (Phi) is 6.21.